The molecule has 150 valence electrons. The maximum absolute atomic E-state index is 12.6. The third-order valence-electron chi connectivity index (χ3n) is 4.58. The Labute approximate surface area is 172 Å². The van der Waals surface area contributed by atoms with Crippen molar-refractivity contribution in [2.24, 2.45) is 0 Å². The second kappa shape index (κ2) is 10.8. The van der Waals surface area contributed by atoms with Gasteiger partial charge in [0.05, 0.1) is 12.6 Å². The summed E-state index contributed by atoms with van der Waals surface area (Å²) in [5, 5.41) is 6.53. The first-order valence-corrected chi connectivity index (χ1v) is 9.90. The average molecular weight is 402 g/mol. The number of carbonyl (C=O) groups is 2. The quantitative estimate of drug-likeness (QED) is 0.667. The zero-order valence-corrected chi connectivity index (χ0v) is 17.4. The average Bonchev–Trinajstić information content (AvgIpc) is 2.68. The molecule has 2 aromatic carbocycles. The molecule has 0 spiro atoms. The molecule has 6 heteroatoms. The van der Waals surface area contributed by atoms with Gasteiger partial charge in [-0.25, -0.2) is 0 Å². The Kier molecular flexibility index (Phi) is 8.48. The van der Waals surface area contributed by atoms with E-state index < -0.39 is 6.04 Å². The van der Waals surface area contributed by atoms with Gasteiger partial charge in [-0.2, -0.15) is 0 Å². The predicted octanol–water partition coefficient (Wildman–Crippen LogP) is 4.00. The second-order valence-electron chi connectivity index (χ2n) is 6.85. The van der Waals surface area contributed by atoms with Gasteiger partial charge < -0.3 is 10.6 Å². The van der Waals surface area contributed by atoms with Crippen LogP contribution in [0.3, 0.4) is 0 Å². The van der Waals surface area contributed by atoms with E-state index in [4.69, 9.17) is 11.6 Å². The molecule has 0 fully saturated rings. The summed E-state index contributed by atoms with van der Waals surface area (Å²) in [6.45, 7) is 7.06. The van der Waals surface area contributed by atoms with Crippen LogP contribution in [0.25, 0.3) is 0 Å². The third-order valence-corrected chi connectivity index (χ3v) is 4.84. The molecule has 1 atom stereocenters. The fourth-order valence-electron chi connectivity index (χ4n) is 2.89. The van der Waals surface area contributed by atoms with E-state index in [9.17, 15) is 9.59 Å². The Morgan fingerprint density at radius 2 is 1.79 bits per heavy atom. The number of anilines is 1. The highest BCUT2D eigenvalue weighted by molar-refractivity contribution is 6.30. The lowest BCUT2D eigenvalue weighted by molar-refractivity contribution is -0.127. The molecule has 0 aromatic heterocycles. The van der Waals surface area contributed by atoms with E-state index in [2.05, 4.69) is 10.6 Å². The fourth-order valence-corrected chi connectivity index (χ4v) is 3.02. The molecule has 0 aliphatic carbocycles. The molecule has 0 heterocycles. The largest absolute Gasteiger partial charge is 0.351 e. The van der Waals surface area contributed by atoms with Crippen molar-refractivity contribution in [3.05, 3.63) is 64.7 Å². The second-order valence-corrected chi connectivity index (χ2v) is 7.29. The highest BCUT2D eigenvalue weighted by Gasteiger charge is 2.22. The van der Waals surface area contributed by atoms with Gasteiger partial charge in [-0.05, 0) is 56.1 Å². The standard InChI is InChI=1S/C22H28ClN3O2/c1-4-13-26(15-21(27)25-20-8-6-5-7-16(20)2)17(3)22(28)24-14-18-9-11-19(23)12-10-18/h5-12,17H,4,13-15H2,1-3H3,(H,24,28)(H,25,27). The molecule has 0 bridgehead atoms. The Morgan fingerprint density at radius 3 is 2.43 bits per heavy atom. The molecule has 0 aliphatic heterocycles. The van der Waals surface area contributed by atoms with Crippen molar-refractivity contribution in [1.29, 1.82) is 0 Å². The van der Waals surface area contributed by atoms with Crippen molar-refractivity contribution in [2.45, 2.75) is 39.8 Å². The summed E-state index contributed by atoms with van der Waals surface area (Å²) in [5.74, 6) is -0.229. The van der Waals surface area contributed by atoms with E-state index in [1.54, 1.807) is 12.1 Å². The molecule has 2 aromatic rings. The van der Waals surface area contributed by atoms with Crippen molar-refractivity contribution >= 4 is 29.1 Å². The first-order chi connectivity index (χ1) is 13.4. The molecule has 0 saturated heterocycles. The van der Waals surface area contributed by atoms with E-state index in [-0.39, 0.29) is 18.4 Å². The molecule has 0 radical (unpaired) electrons. The summed E-state index contributed by atoms with van der Waals surface area (Å²) < 4.78 is 0. The molecular formula is C22H28ClN3O2. The van der Waals surface area contributed by atoms with Crippen LogP contribution in [0.4, 0.5) is 5.69 Å². The zero-order chi connectivity index (χ0) is 20.5. The number of nitrogens with one attached hydrogen (secondary N) is 2. The van der Waals surface area contributed by atoms with E-state index in [1.807, 2.05) is 62.1 Å². The third kappa shape index (κ3) is 6.66. The van der Waals surface area contributed by atoms with E-state index in [0.29, 0.717) is 18.1 Å². The van der Waals surface area contributed by atoms with Crippen LogP contribution < -0.4 is 10.6 Å². The Hall–Kier alpha value is -2.37. The number of hydrogen-bond donors (Lipinski definition) is 2. The van der Waals surface area contributed by atoms with Crippen molar-refractivity contribution in [3.63, 3.8) is 0 Å². The summed E-state index contributed by atoms with van der Waals surface area (Å²) in [5.41, 5.74) is 2.78. The van der Waals surface area contributed by atoms with Crippen molar-refractivity contribution in [2.75, 3.05) is 18.4 Å². The number of aryl methyl sites for hydroxylation is 1. The topological polar surface area (TPSA) is 61.4 Å². The van der Waals surface area contributed by atoms with E-state index >= 15 is 0 Å². The molecule has 5 nitrogen and oxygen atoms in total. The van der Waals surface area contributed by atoms with Crippen LogP contribution >= 0.6 is 11.6 Å². The minimum absolute atomic E-state index is 0.105. The number of amides is 2. The predicted molar refractivity (Wildman–Crippen MR) is 114 cm³/mol. The van der Waals surface area contributed by atoms with Gasteiger partial charge in [-0.3, -0.25) is 14.5 Å². The van der Waals surface area contributed by atoms with Gasteiger partial charge in [-0.15, -0.1) is 0 Å². The van der Waals surface area contributed by atoms with Crippen LogP contribution in [0.15, 0.2) is 48.5 Å². The Bertz CT molecular complexity index is 793. The molecule has 0 saturated carbocycles. The van der Waals surface area contributed by atoms with Gasteiger partial charge in [0, 0.05) is 17.3 Å². The molecule has 2 amide bonds. The molecule has 1 unspecified atom stereocenters. The summed E-state index contributed by atoms with van der Waals surface area (Å²) in [7, 11) is 0. The number of hydrogen-bond acceptors (Lipinski definition) is 3. The monoisotopic (exact) mass is 401 g/mol. The number of rotatable bonds is 9. The van der Waals surface area contributed by atoms with Gasteiger partial charge in [0.1, 0.15) is 0 Å². The van der Waals surface area contributed by atoms with Crippen molar-refractivity contribution in [3.8, 4) is 0 Å². The summed E-state index contributed by atoms with van der Waals surface area (Å²) >= 11 is 5.89. The molecule has 2 N–H and O–H groups in total. The van der Waals surface area contributed by atoms with Gasteiger partial charge >= 0.3 is 0 Å². The first-order valence-electron chi connectivity index (χ1n) is 9.52. The van der Waals surface area contributed by atoms with Crippen LogP contribution in [-0.2, 0) is 16.1 Å². The number of carbonyl (C=O) groups excluding carboxylic acids is 2. The summed E-state index contributed by atoms with van der Waals surface area (Å²) in [4.78, 5) is 27.0. The molecular weight excluding hydrogens is 374 g/mol. The lowest BCUT2D eigenvalue weighted by atomic mass is 10.2. The maximum atomic E-state index is 12.6. The van der Waals surface area contributed by atoms with Gasteiger partial charge in [0.2, 0.25) is 11.8 Å². The number of para-hydroxylation sites is 1. The maximum Gasteiger partial charge on any atom is 0.238 e. The highest BCUT2D eigenvalue weighted by Crippen LogP contribution is 2.13. The minimum atomic E-state index is -0.408. The number of halogens is 1. The SMILES string of the molecule is CCCN(CC(=O)Nc1ccccc1C)C(C)C(=O)NCc1ccc(Cl)cc1. The van der Waals surface area contributed by atoms with Crippen molar-refractivity contribution in [1.82, 2.24) is 10.2 Å². The minimum Gasteiger partial charge on any atom is -0.351 e. The highest BCUT2D eigenvalue weighted by atomic mass is 35.5. The lowest BCUT2D eigenvalue weighted by Gasteiger charge is -2.27. The van der Waals surface area contributed by atoms with Crippen LogP contribution in [0.2, 0.25) is 5.02 Å². The summed E-state index contributed by atoms with van der Waals surface area (Å²) in [6.07, 6.45) is 0.854. The van der Waals surface area contributed by atoms with Crippen LogP contribution in [0.5, 0.6) is 0 Å². The van der Waals surface area contributed by atoms with E-state index in [0.717, 1.165) is 23.2 Å². The molecule has 0 aliphatic rings. The van der Waals surface area contributed by atoms with Crippen molar-refractivity contribution < 1.29 is 9.59 Å². The fraction of sp³-hybridized carbons (Fsp3) is 0.364. The molecule has 2 rings (SSSR count). The number of nitrogens with zero attached hydrogens (tertiary/aromatic N) is 1. The Morgan fingerprint density at radius 1 is 1.11 bits per heavy atom. The van der Waals surface area contributed by atoms with E-state index in [1.165, 1.54) is 0 Å². The first kappa shape index (κ1) is 21.9. The van der Waals surface area contributed by atoms with Gasteiger partial charge in [-0.1, -0.05) is 48.9 Å². The van der Waals surface area contributed by atoms with Gasteiger partial charge in [0.15, 0.2) is 0 Å². The zero-order valence-electron chi connectivity index (χ0n) is 16.7. The lowest BCUT2D eigenvalue weighted by Crippen LogP contribution is -2.48. The normalized spacial score (nSPS) is 11.9. The van der Waals surface area contributed by atoms with Crippen LogP contribution in [0, 0.1) is 6.92 Å². The Balaban J connectivity index is 1.93. The summed E-state index contributed by atoms with van der Waals surface area (Å²) in [6, 6.07) is 14.6. The van der Waals surface area contributed by atoms with Crippen LogP contribution in [0.1, 0.15) is 31.4 Å². The van der Waals surface area contributed by atoms with Crippen LogP contribution in [-0.4, -0.2) is 35.8 Å². The molecule has 28 heavy (non-hydrogen) atoms. The number of benzene rings is 2. The van der Waals surface area contributed by atoms with Gasteiger partial charge in [0.25, 0.3) is 0 Å². The smallest absolute Gasteiger partial charge is 0.238 e.